The van der Waals surface area contributed by atoms with E-state index in [9.17, 15) is 14.4 Å². The molecule has 0 aromatic heterocycles. The molecule has 1 atom stereocenters. The molecule has 3 amide bonds. The zero-order valence-electron chi connectivity index (χ0n) is 16.6. The summed E-state index contributed by atoms with van der Waals surface area (Å²) < 4.78 is 5.30. The van der Waals surface area contributed by atoms with E-state index in [2.05, 4.69) is 17.2 Å². The monoisotopic (exact) mass is 387 g/mol. The molecule has 1 aromatic carbocycles. The molecule has 0 aliphatic carbocycles. The third-order valence-corrected chi connectivity index (χ3v) is 4.43. The van der Waals surface area contributed by atoms with Crippen LogP contribution in [0.5, 0.6) is 0 Å². The van der Waals surface area contributed by atoms with Gasteiger partial charge in [-0.2, -0.15) is 0 Å². The molecule has 1 aliphatic heterocycles. The first-order valence-corrected chi connectivity index (χ1v) is 9.57. The van der Waals surface area contributed by atoms with Crippen LogP contribution >= 0.6 is 0 Å². The Balaban J connectivity index is 1.95. The largest absolute Gasteiger partial charge is 0.378 e. The van der Waals surface area contributed by atoms with Gasteiger partial charge in [-0.05, 0) is 36.1 Å². The molecule has 7 heteroatoms. The Morgan fingerprint density at radius 1 is 1.18 bits per heavy atom. The number of amides is 3. The summed E-state index contributed by atoms with van der Waals surface area (Å²) >= 11 is 0. The Morgan fingerprint density at radius 2 is 1.82 bits per heavy atom. The van der Waals surface area contributed by atoms with Crippen LogP contribution in [0.1, 0.15) is 25.8 Å². The highest BCUT2D eigenvalue weighted by molar-refractivity contribution is 5.98. The lowest BCUT2D eigenvalue weighted by Gasteiger charge is -2.31. The maximum absolute atomic E-state index is 12.8. The van der Waals surface area contributed by atoms with Crippen molar-refractivity contribution >= 4 is 23.4 Å². The van der Waals surface area contributed by atoms with Crippen molar-refractivity contribution < 1.29 is 19.1 Å². The topological polar surface area (TPSA) is 87.7 Å². The van der Waals surface area contributed by atoms with Crippen molar-refractivity contribution in [1.29, 1.82) is 0 Å². The summed E-state index contributed by atoms with van der Waals surface area (Å²) in [4.78, 5) is 38.4. The number of carbonyl (C=O) groups is 3. The molecule has 1 aromatic rings. The number of hydrogen-bond acceptors (Lipinski definition) is 4. The van der Waals surface area contributed by atoms with Crippen LogP contribution in [-0.2, 0) is 25.5 Å². The van der Waals surface area contributed by atoms with Gasteiger partial charge in [-0.15, -0.1) is 0 Å². The zero-order chi connectivity index (χ0) is 20.5. The second kappa shape index (κ2) is 10.6. The molecule has 7 nitrogen and oxygen atoms in total. The minimum Gasteiger partial charge on any atom is -0.378 e. The Kier molecular flexibility index (Phi) is 8.19. The van der Waals surface area contributed by atoms with Crippen molar-refractivity contribution in [3.05, 3.63) is 42.5 Å². The summed E-state index contributed by atoms with van der Waals surface area (Å²) in [6.07, 6.45) is 1.96. The summed E-state index contributed by atoms with van der Waals surface area (Å²) in [6.45, 7) is 9.64. The van der Waals surface area contributed by atoms with Crippen LogP contribution in [0.2, 0.25) is 0 Å². The van der Waals surface area contributed by atoms with Crippen molar-refractivity contribution in [1.82, 2.24) is 10.2 Å². The number of nitrogens with one attached hydrogen (secondary N) is 2. The molecule has 1 heterocycles. The van der Waals surface area contributed by atoms with Crippen molar-refractivity contribution in [3.8, 4) is 0 Å². The van der Waals surface area contributed by atoms with E-state index in [0.717, 1.165) is 5.56 Å². The quantitative estimate of drug-likeness (QED) is 0.665. The van der Waals surface area contributed by atoms with Gasteiger partial charge in [0.25, 0.3) is 0 Å². The fraction of sp³-hybridized carbons (Fsp3) is 0.476. The van der Waals surface area contributed by atoms with E-state index >= 15 is 0 Å². The summed E-state index contributed by atoms with van der Waals surface area (Å²) in [5, 5.41) is 5.56. The van der Waals surface area contributed by atoms with Crippen LogP contribution in [0.15, 0.2) is 36.9 Å². The van der Waals surface area contributed by atoms with Crippen LogP contribution in [-0.4, -0.2) is 55.0 Å². The summed E-state index contributed by atoms with van der Waals surface area (Å²) in [5.74, 6) is -0.255. The molecule has 1 saturated heterocycles. The number of hydrogen-bond donors (Lipinski definition) is 2. The molecular weight excluding hydrogens is 358 g/mol. The molecule has 2 N–H and O–H groups in total. The van der Waals surface area contributed by atoms with Gasteiger partial charge in [-0.25, -0.2) is 0 Å². The van der Waals surface area contributed by atoms with Gasteiger partial charge >= 0.3 is 0 Å². The molecule has 28 heavy (non-hydrogen) atoms. The van der Waals surface area contributed by atoms with Gasteiger partial charge in [-0.1, -0.05) is 32.6 Å². The highest BCUT2D eigenvalue weighted by Gasteiger charge is 2.27. The molecular formula is C21H29N3O4. The molecule has 1 aliphatic rings. The van der Waals surface area contributed by atoms with E-state index in [0.29, 0.717) is 38.4 Å². The van der Waals surface area contributed by atoms with Gasteiger partial charge in [0.05, 0.1) is 19.6 Å². The first-order chi connectivity index (χ1) is 13.4. The standard InChI is InChI=1S/C21H29N3O4/c1-4-19(25)22-17-7-5-16(6-8-17)14-20(26)23-18(13-15(2)3)21(27)24-9-11-28-12-10-24/h4-8,15,18H,1,9-14H2,2-3H3,(H,22,25)(H,23,26)/t18-/m0/s1. The van der Waals surface area contributed by atoms with Gasteiger partial charge in [0.15, 0.2) is 0 Å². The first kappa shape index (κ1) is 21.6. The smallest absolute Gasteiger partial charge is 0.247 e. The summed E-state index contributed by atoms with van der Waals surface area (Å²) in [6, 6.07) is 6.49. The van der Waals surface area contributed by atoms with Crippen LogP contribution < -0.4 is 10.6 Å². The van der Waals surface area contributed by atoms with Gasteiger partial charge in [0.1, 0.15) is 6.04 Å². The predicted molar refractivity (Wildman–Crippen MR) is 108 cm³/mol. The van der Waals surface area contributed by atoms with Crippen molar-refractivity contribution in [2.75, 3.05) is 31.6 Å². The number of benzene rings is 1. The highest BCUT2D eigenvalue weighted by atomic mass is 16.5. The van der Waals surface area contributed by atoms with Gasteiger partial charge in [0.2, 0.25) is 17.7 Å². The number of nitrogens with zero attached hydrogens (tertiary/aromatic N) is 1. The average Bonchev–Trinajstić information content (AvgIpc) is 2.68. The third kappa shape index (κ3) is 6.81. The average molecular weight is 387 g/mol. The number of rotatable bonds is 8. The fourth-order valence-electron chi connectivity index (χ4n) is 3.03. The first-order valence-electron chi connectivity index (χ1n) is 9.57. The number of morpholine rings is 1. The van der Waals surface area contributed by atoms with E-state index < -0.39 is 6.04 Å². The molecule has 152 valence electrons. The SMILES string of the molecule is C=CC(=O)Nc1ccc(CC(=O)N[C@@H](CC(C)C)C(=O)N2CCOCC2)cc1. The fourth-order valence-corrected chi connectivity index (χ4v) is 3.03. The Hall–Kier alpha value is -2.67. The summed E-state index contributed by atoms with van der Waals surface area (Å²) in [5.41, 5.74) is 1.44. The number of ether oxygens (including phenoxy) is 1. The normalized spacial score (nSPS) is 15.0. The molecule has 1 fully saturated rings. The molecule has 0 saturated carbocycles. The van der Waals surface area contributed by atoms with Crippen LogP contribution in [0.4, 0.5) is 5.69 Å². The lowest BCUT2D eigenvalue weighted by Crippen LogP contribution is -2.52. The predicted octanol–water partition coefficient (Wildman–Crippen LogP) is 1.74. The lowest BCUT2D eigenvalue weighted by molar-refractivity contribution is -0.140. The minimum atomic E-state index is -0.531. The van der Waals surface area contributed by atoms with Gasteiger partial charge in [-0.3, -0.25) is 14.4 Å². The minimum absolute atomic E-state index is 0.0483. The van der Waals surface area contributed by atoms with E-state index in [1.54, 1.807) is 29.2 Å². The van der Waals surface area contributed by atoms with Crippen molar-refractivity contribution in [2.24, 2.45) is 5.92 Å². The second-order valence-corrected chi connectivity index (χ2v) is 7.25. The van der Waals surface area contributed by atoms with Crippen LogP contribution in [0.3, 0.4) is 0 Å². The molecule has 0 spiro atoms. The van der Waals surface area contributed by atoms with Crippen molar-refractivity contribution in [2.45, 2.75) is 32.7 Å². The van der Waals surface area contributed by atoms with Crippen LogP contribution in [0, 0.1) is 5.92 Å². The molecule has 0 radical (unpaired) electrons. The van der Waals surface area contributed by atoms with E-state index in [4.69, 9.17) is 4.74 Å². The third-order valence-electron chi connectivity index (χ3n) is 4.43. The lowest BCUT2D eigenvalue weighted by atomic mass is 10.0. The molecule has 2 rings (SSSR count). The Labute approximate surface area is 166 Å². The molecule has 0 bridgehead atoms. The Bertz CT molecular complexity index is 694. The van der Waals surface area contributed by atoms with Crippen LogP contribution in [0.25, 0.3) is 0 Å². The highest BCUT2D eigenvalue weighted by Crippen LogP contribution is 2.12. The second-order valence-electron chi connectivity index (χ2n) is 7.25. The van der Waals surface area contributed by atoms with E-state index in [1.807, 2.05) is 13.8 Å². The van der Waals surface area contributed by atoms with Gasteiger partial charge < -0.3 is 20.3 Å². The number of carbonyl (C=O) groups excluding carboxylic acids is 3. The maximum atomic E-state index is 12.8. The molecule has 0 unspecified atom stereocenters. The Morgan fingerprint density at radius 3 is 2.39 bits per heavy atom. The van der Waals surface area contributed by atoms with Gasteiger partial charge in [0, 0.05) is 18.8 Å². The van der Waals surface area contributed by atoms with E-state index in [-0.39, 0.29) is 30.1 Å². The van der Waals surface area contributed by atoms with E-state index in [1.165, 1.54) is 6.08 Å². The van der Waals surface area contributed by atoms with Crippen molar-refractivity contribution in [3.63, 3.8) is 0 Å². The maximum Gasteiger partial charge on any atom is 0.247 e. The number of anilines is 1. The summed E-state index contributed by atoms with van der Waals surface area (Å²) in [7, 11) is 0. The zero-order valence-corrected chi connectivity index (χ0v) is 16.6.